The molecule has 0 heterocycles. The van der Waals surface area contributed by atoms with Crippen LogP contribution < -0.4 is 19.6 Å². The first-order valence-corrected chi connectivity index (χ1v) is 21.8. The first-order valence-electron chi connectivity index (χ1n) is 21.8. The van der Waals surface area contributed by atoms with Gasteiger partial charge in [-0.1, -0.05) is 74.4 Å². The number of benzene rings is 4. The van der Waals surface area contributed by atoms with Crippen LogP contribution in [0, 0.1) is 5.92 Å². The molecule has 4 aromatic carbocycles. The lowest BCUT2D eigenvalue weighted by atomic mass is 9.87. The SMILES string of the molecule is C=CC(=O)OCCCCOCC(COc1ccc(C(=O)Oc2ccc(CCOC(=O)c3ccc(OCOC(=O)C=C)cc3)cc2/C=N/NC2c3ccccc3C3C=CC=CC32)cc1)OC(=O)C=C. The highest BCUT2D eigenvalue weighted by atomic mass is 16.7. The Labute approximate surface area is 394 Å². The van der Waals surface area contributed by atoms with Gasteiger partial charge < -0.3 is 43.3 Å². The van der Waals surface area contributed by atoms with Crippen molar-refractivity contribution in [3.63, 3.8) is 0 Å². The van der Waals surface area contributed by atoms with Crippen molar-refractivity contribution in [3.05, 3.63) is 187 Å². The minimum absolute atomic E-state index is 0.0378. The van der Waals surface area contributed by atoms with E-state index in [1.807, 2.05) is 24.3 Å². The number of nitrogens with one attached hydrogen (secondary N) is 1. The molecule has 0 radical (unpaired) electrons. The lowest BCUT2D eigenvalue weighted by molar-refractivity contribution is -0.148. The van der Waals surface area contributed by atoms with E-state index >= 15 is 0 Å². The average Bonchev–Trinajstić information content (AvgIpc) is 3.68. The number of hydrogen-bond donors (Lipinski definition) is 1. The molecule has 4 unspecified atom stereocenters. The summed E-state index contributed by atoms with van der Waals surface area (Å²) >= 11 is 0. The second kappa shape index (κ2) is 25.6. The van der Waals surface area contributed by atoms with Gasteiger partial charge in [-0.05, 0) is 90.2 Å². The molecule has 2 aliphatic rings. The third-order valence-electron chi connectivity index (χ3n) is 10.6. The third kappa shape index (κ3) is 14.5. The fourth-order valence-electron chi connectivity index (χ4n) is 7.21. The van der Waals surface area contributed by atoms with Crippen molar-refractivity contribution in [2.75, 3.05) is 39.8 Å². The molecule has 0 fully saturated rings. The second-order valence-electron chi connectivity index (χ2n) is 15.2. The number of nitrogens with zero attached hydrogens (tertiary/aromatic N) is 1. The molecule has 0 bridgehead atoms. The summed E-state index contributed by atoms with van der Waals surface area (Å²) in [5.41, 5.74) is 7.58. The molecule has 0 amide bonds. The molecule has 0 aliphatic heterocycles. The van der Waals surface area contributed by atoms with E-state index < -0.39 is 36.0 Å². The highest BCUT2D eigenvalue weighted by molar-refractivity contribution is 5.93. The van der Waals surface area contributed by atoms with Crippen molar-refractivity contribution in [3.8, 4) is 17.2 Å². The summed E-state index contributed by atoms with van der Waals surface area (Å²) in [6.45, 7) is 10.5. The van der Waals surface area contributed by atoms with Crippen LogP contribution in [0.3, 0.4) is 0 Å². The van der Waals surface area contributed by atoms with Crippen LogP contribution in [0.25, 0.3) is 0 Å². The fourth-order valence-corrected chi connectivity index (χ4v) is 7.21. The molecule has 1 N–H and O–H groups in total. The Kier molecular flexibility index (Phi) is 18.6. The Hall–Kier alpha value is -8.04. The van der Waals surface area contributed by atoms with Gasteiger partial charge in [0.25, 0.3) is 0 Å². The zero-order valence-corrected chi connectivity index (χ0v) is 37.3. The highest BCUT2D eigenvalue weighted by Crippen LogP contribution is 2.47. The smallest absolute Gasteiger partial charge is 0.343 e. The molecule has 2 aliphatic carbocycles. The van der Waals surface area contributed by atoms with E-state index in [2.05, 4.69) is 60.6 Å². The van der Waals surface area contributed by atoms with E-state index in [0.717, 1.165) is 29.4 Å². The molecule has 352 valence electrons. The van der Waals surface area contributed by atoms with Crippen LogP contribution in [0.1, 0.15) is 67.8 Å². The number of carbonyl (C=O) groups is 5. The van der Waals surface area contributed by atoms with E-state index in [-0.39, 0.29) is 62.4 Å². The van der Waals surface area contributed by atoms with Gasteiger partial charge in [0.2, 0.25) is 6.79 Å². The molecule has 15 nitrogen and oxygen atoms in total. The van der Waals surface area contributed by atoms with E-state index in [4.69, 9.17) is 37.9 Å². The summed E-state index contributed by atoms with van der Waals surface area (Å²) in [7, 11) is 0. The third-order valence-corrected chi connectivity index (χ3v) is 10.6. The van der Waals surface area contributed by atoms with Crippen molar-refractivity contribution in [1.29, 1.82) is 0 Å². The van der Waals surface area contributed by atoms with Crippen LogP contribution in [0.15, 0.2) is 158 Å². The van der Waals surface area contributed by atoms with Crippen molar-refractivity contribution in [2.24, 2.45) is 11.0 Å². The first kappa shape index (κ1) is 49.4. The molecule has 15 heteroatoms. The first-order chi connectivity index (χ1) is 33.1. The quantitative estimate of drug-likeness (QED) is 0.00938. The Morgan fingerprint density at radius 1 is 0.662 bits per heavy atom. The monoisotopic (exact) mass is 924 g/mol. The molecular weight excluding hydrogens is 873 g/mol. The molecular formula is C53H52N2O13. The molecule has 68 heavy (non-hydrogen) atoms. The molecule has 4 aromatic rings. The molecule has 0 aromatic heterocycles. The summed E-state index contributed by atoms with van der Waals surface area (Å²) in [6.07, 6.45) is 14.0. The van der Waals surface area contributed by atoms with E-state index in [0.29, 0.717) is 48.5 Å². The van der Waals surface area contributed by atoms with Crippen molar-refractivity contribution in [2.45, 2.75) is 37.3 Å². The summed E-state index contributed by atoms with van der Waals surface area (Å²) in [5, 5.41) is 4.67. The minimum atomic E-state index is -0.753. The number of carbonyl (C=O) groups excluding carboxylic acids is 5. The minimum Gasteiger partial charge on any atom is -0.490 e. The lowest BCUT2D eigenvalue weighted by Gasteiger charge is -2.22. The maximum Gasteiger partial charge on any atom is 0.343 e. The number of unbranched alkanes of at least 4 members (excludes halogenated alkanes) is 1. The number of esters is 5. The predicted molar refractivity (Wildman–Crippen MR) is 251 cm³/mol. The van der Waals surface area contributed by atoms with E-state index in [1.54, 1.807) is 66.9 Å². The molecule has 4 atom stereocenters. The lowest BCUT2D eigenvalue weighted by Crippen LogP contribution is -2.29. The Balaban J connectivity index is 1.08. The molecule has 0 saturated carbocycles. The number of allylic oxidation sites excluding steroid dienone is 3. The molecule has 6 rings (SSSR count). The average molecular weight is 925 g/mol. The topological polar surface area (TPSA) is 184 Å². The standard InChI is InChI=1S/C53H52N2O13/c1-4-48(56)62-29-12-11-28-61-33-42(67-50(58)6-3)34-64-40-22-20-38(21-23-40)53(60)68-47-26-17-36(27-30-63-52(59)37-18-24-41(25-19-37)65-35-66-49(57)5-2)31-39(47)32-54-55-51-45-15-9-7-13-43(45)44-14-8-10-16-46(44)51/h4-10,13-26,31-32,42-43,45,51,55H,1-3,11-12,27-30,33-35H2/b54-32+. The molecule has 0 saturated heterocycles. The zero-order valence-electron chi connectivity index (χ0n) is 37.3. The van der Waals surface area contributed by atoms with Crippen molar-refractivity contribution >= 4 is 36.1 Å². The van der Waals surface area contributed by atoms with Crippen LogP contribution in [0.5, 0.6) is 17.2 Å². The van der Waals surface area contributed by atoms with Crippen LogP contribution in [-0.2, 0) is 44.5 Å². The van der Waals surface area contributed by atoms with Gasteiger partial charge in [-0.25, -0.2) is 24.0 Å². The van der Waals surface area contributed by atoms with Crippen LogP contribution in [-0.4, -0.2) is 82.0 Å². The molecule has 0 spiro atoms. The maximum absolute atomic E-state index is 13.6. The van der Waals surface area contributed by atoms with Gasteiger partial charge in [0, 0.05) is 48.7 Å². The summed E-state index contributed by atoms with van der Waals surface area (Å²) in [6, 6.07) is 26.0. The number of hydrazone groups is 1. The van der Waals surface area contributed by atoms with Gasteiger partial charge >= 0.3 is 29.8 Å². The predicted octanol–water partition coefficient (Wildman–Crippen LogP) is 7.88. The summed E-state index contributed by atoms with van der Waals surface area (Å²) < 4.78 is 43.6. The second-order valence-corrected chi connectivity index (χ2v) is 15.2. The highest BCUT2D eigenvalue weighted by Gasteiger charge is 2.38. The number of hydrogen-bond acceptors (Lipinski definition) is 15. The largest absolute Gasteiger partial charge is 0.490 e. The van der Waals surface area contributed by atoms with Gasteiger partial charge in [0.15, 0.2) is 6.10 Å². The van der Waals surface area contributed by atoms with Crippen molar-refractivity contribution in [1.82, 2.24) is 5.43 Å². The fraction of sp³-hybridized carbons (Fsp3) is 0.245. The zero-order chi connectivity index (χ0) is 48.1. The maximum atomic E-state index is 13.6. The Morgan fingerprint density at radius 2 is 1.32 bits per heavy atom. The van der Waals surface area contributed by atoms with Gasteiger partial charge in [-0.3, -0.25) is 0 Å². The van der Waals surface area contributed by atoms with Gasteiger partial charge in [-0.2, -0.15) is 5.10 Å². The Bertz CT molecular complexity index is 2510. The van der Waals surface area contributed by atoms with E-state index in [1.165, 1.54) is 5.56 Å². The van der Waals surface area contributed by atoms with Crippen LogP contribution >= 0.6 is 0 Å². The Morgan fingerprint density at radius 3 is 2.06 bits per heavy atom. The van der Waals surface area contributed by atoms with Gasteiger partial charge in [-0.15, -0.1) is 0 Å². The number of ether oxygens (including phenoxy) is 8. The number of rotatable bonds is 26. The van der Waals surface area contributed by atoms with Gasteiger partial charge in [0.05, 0.1) is 43.2 Å². The summed E-state index contributed by atoms with van der Waals surface area (Å²) in [5.74, 6) is -1.49. The van der Waals surface area contributed by atoms with Gasteiger partial charge in [0.1, 0.15) is 23.9 Å². The van der Waals surface area contributed by atoms with Crippen LogP contribution in [0.4, 0.5) is 0 Å². The van der Waals surface area contributed by atoms with Crippen molar-refractivity contribution < 1.29 is 61.9 Å². The van der Waals surface area contributed by atoms with Crippen LogP contribution in [0.2, 0.25) is 0 Å². The normalized spacial score (nSPS) is 15.7. The van der Waals surface area contributed by atoms with E-state index in [9.17, 15) is 24.0 Å². The number of fused-ring (bicyclic) bond motifs is 3. The summed E-state index contributed by atoms with van der Waals surface area (Å²) in [4.78, 5) is 60.9.